The molecule has 4 rings (SSSR count). The fraction of sp³-hybridized carbons (Fsp3) is 0.148. The Morgan fingerprint density at radius 1 is 0.909 bits per heavy atom. The van der Waals surface area contributed by atoms with Gasteiger partial charge in [-0.3, -0.25) is 4.79 Å². The minimum absolute atomic E-state index is 0.162. The van der Waals surface area contributed by atoms with E-state index in [4.69, 9.17) is 9.15 Å². The van der Waals surface area contributed by atoms with Gasteiger partial charge in [-0.15, -0.1) is 0 Å². The lowest BCUT2D eigenvalue weighted by atomic mass is 9.88. The highest BCUT2D eigenvalue weighted by molar-refractivity contribution is 5.89. The van der Waals surface area contributed by atoms with Gasteiger partial charge < -0.3 is 14.5 Å². The fourth-order valence-corrected chi connectivity index (χ4v) is 3.59. The zero-order valence-corrected chi connectivity index (χ0v) is 18.0. The lowest BCUT2D eigenvalue weighted by molar-refractivity contribution is -0.143. The molecule has 1 aromatic heterocycles. The van der Waals surface area contributed by atoms with Crippen molar-refractivity contribution < 1.29 is 18.7 Å². The number of para-hydroxylation sites is 2. The maximum absolute atomic E-state index is 12.2. The Bertz CT molecular complexity index is 1160. The van der Waals surface area contributed by atoms with E-state index in [-0.39, 0.29) is 18.4 Å². The van der Waals surface area contributed by atoms with E-state index in [9.17, 15) is 9.59 Å². The number of hydrogen-bond acceptors (Lipinski definition) is 5. The van der Waals surface area contributed by atoms with E-state index in [1.165, 1.54) is 23.3 Å². The average Bonchev–Trinajstić information content (AvgIpc) is 3.28. The van der Waals surface area contributed by atoms with Gasteiger partial charge in [0.2, 0.25) is 5.89 Å². The van der Waals surface area contributed by atoms with Crippen LogP contribution < -0.4 is 5.32 Å². The topological polar surface area (TPSA) is 81.4 Å². The maximum Gasteiger partial charge on any atom is 0.331 e. The molecule has 6 heteroatoms. The number of carbonyl (C=O) groups excluding carboxylic acids is 2. The van der Waals surface area contributed by atoms with Crippen molar-refractivity contribution in [1.82, 2.24) is 10.3 Å². The molecule has 0 bridgehead atoms. The highest BCUT2D eigenvalue weighted by Gasteiger charge is 2.14. The third-order valence-electron chi connectivity index (χ3n) is 5.18. The van der Waals surface area contributed by atoms with Crippen molar-refractivity contribution in [3.05, 3.63) is 108 Å². The molecule has 0 saturated carbocycles. The number of hydrogen-bond donors (Lipinski definition) is 1. The Morgan fingerprint density at radius 2 is 1.55 bits per heavy atom. The standard InChI is InChI=1S/C27H24N2O4/c30-25(19-32-27(31)16-15-26-29-23-13-7-8-14-24(23)33-26)28-18-17-22(20-9-3-1-4-10-20)21-11-5-2-6-12-21/h1-16,22H,17-19H2,(H,28,30)/b16-15+. The van der Waals surface area contributed by atoms with Crippen LogP contribution in [-0.2, 0) is 14.3 Å². The minimum atomic E-state index is -0.640. The van der Waals surface area contributed by atoms with Crippen LogP contribution in [0.3, 0.4) is 0 Å². The van der Waals surface area contributed by atoms with Crippen LogP contribution in [0.1, 0.15) is 29.4 Å². The highest BCUT2D eigenvalue weighted by Crippen LogP contribution is 2.27. The van der Waals surface area contributed by atoms with E-state index in [1.54, 1.807) is 6.07 Å². The molecule has 0 aliphatic carbocycles. The normalized spacial score (nSPS) is 11.2. The molecule has 1 amide bonds. The Hall–Kier alpha value is -4.19. The maximum atomic E-state index is 12.2. The van der Waals surface area contributed by atoms with Crippen molar-refractivity contribution in [3.63, 3.8) is 0 Å². The number of oxazole rings is 1. The third-order valence-corrected chi connectivity index (χ3v) is 5.18. The summed E-state index contributed by atoms with van der Waals surface area (Å²) < 4.78 is 10.5. The Balaban J connectivity index is 1.25. The fourth-order valence-electron chi connectivity index (χ4n) is 3.59. The predicted molar refractivity (Wildman–Crippen MR) is 126 cm³/mol. The zero-order chi connectivity index (χ0) is 22.9. The second kappa shape index (κ2) is 10.9. The summed E-state index contributed by atoms with van der Waals surface area (Å²) in [7, 11) is 0. The van der Waals surface area contributed by atoms with Gasteiger partial charge in [0.25, 0.3) is 5.91 Å². The van der Waals surface area contributed by atoms with Crippen molar-refractivity contribution in [3.8, 4) is 0 Å². The van der Waals surface area contributed by atoms with E-state index in [1.807, 2.05) is 54.6 Å². The first-order chi connectivity index (χ1) is 16.2. The molecule has 0 atom stereocenters. The lowest BCUT2D eigenvalue weighted by Gasteiger charge is -2.18. The van der Waals surface area contributed by atoms with Gasteiger partial charge in [0, 0.05) is 24.6 Å². The molecule has 0 saturated heterocycles. The summed E-state index contributed by atoms with van der Waals surface area (Å²) >= 11 is 0. The molecule has 33 heavy (non-hydrogen) atoms. The number of benzene rings is 3. The summed E-state index contributed by atoms with van der Waals surface area (Å²) in [5.41, 5.74) is 3.71. The second-order valence-electron chi connectivity index (χ2n) is 7.47. The van der Waals surface area contributed by atoms with Crippen molar-refractivity contribution in [2.45, 2.75) is 12.3 Å². The van der Waals surface area contributed by atoms with Gasteiger partial charge in [-0.2, -0.15) is 0 Å². The first-order valence-corrected chi connectivity index (χ1v) is 10.8. The Morgan fingerprint density at radius 3 is 2.21 bits per heavy atom. The molecule has 6 nitrogen and oxygen atoms in total. The van der Waals surface area contributed by atoms with Gasteiger partial charge >= 0.3 is 5.97 Å². The SMILES string of the molecule is O=C(COC(=O)/C=C/c1nc2ccccc2o1)NCCC(c1ccccc1)c1ccccc1. The van der Waals surface area contributed by atoms with E-state index in [2.05, 4.69) is 34.6 Å². The van der Waals surface area contributed by atoms with Crippen molar-refractivity contribution in [2.24, 2.45) is 0 Å². The number of nitrogens with one attached hydrogen (secondary N) is 1. The average molecular weight is 440 g/mol. The van der Waals surface area contributed by atoms with Crippen LogP contribution in [-0.4, -0.2) is 30.0 Å². The summed E-state index contributed by atoms with van der Waals surface area (Å²) in [4.78, 5) is 28.3. The van der Waals surface area contributed by atoms with Crippen LogP contribution in [0.2, 0.25) is 0 Å². The smallest absolute Gasteiger partial charge is 0.331 e. The molecule has 0 radical (unpaired) electrons. The van der Waals surface area contributed by atoms with E-state index in [0.29, 0.717) is 23.5 Å². The molecule has 0 aliphatic heterocycles. The van der Waals surface area contributed by atoms with Crippen molar-refractivity contribution >= 4 is 29.1 Å². The number of nitrogens with zero attached hydrogens (tertiary/aromatic N) is 1. The van der Waals surface area contributed by atoms with Gasteiger partial charge in [0.1, 0.15) is 5.52 Å². The number of amides is 1. The van der Waals surface area contributed by atoms with Crippen LogP contribution >= 0.6 is 0 Å². The van der Waals surface area contributed by atoms with Crippen LogP contribution in [0.5, 0.6) is 0 Å². The number of carbonyl (C=O) groups is 2. The Kier molecular flexibility index (Phi) is 7.28. The number of rotatable bonds is 9. The van der Waals surface area contributed by atoms with Crippen molar-refractivity contribution in [1.29, 1.82) is 0 Å². The van der Waals surface area contributed by atoms with Gasteiger partial charge in [0.05, 0.1) is 0 Å². The highest BCUT2D eigenvalue weighted by atomic mass is 16.5. The first kappa shape index (κ1) is 22.0. The Labute approximate surface area is 191 Å². The minimum Gasteiger partial charge on any atom is -0.452 e. The monoisotopic (exact) mass is 440 g/mol. The van der Waals surface area contributed by atoms with Gasteiger partial charge in [-0.1, -0.05) is 72.8 Å². The summed E-state index contributed by atoms with van der Waals surface area (Å²) in [6.45, 7) is 0.113. The van der Waals surface area contributed by atoms with Crippen LogP contribution in [0, 0.1) is 0 Å². The summed E-state index contributed by atoms with van der Waals surface area (Å²) in [6.07, 6.45) is 3.34. The van der Waals surface area contributed by atoms with E-state index in [0.717, 1.165) is 6.42 Å². The number of fused-ring (bicyclic) bond motifs is 1. The van der Waals surface area contributed by atoms with E-state index >= 15 is 0 Å². The number of ether oxygens (including phenoxy) is 1. The first-order valence-electron chi connectivity index (χ1n) is 10.8. The molecule has 3 aromatic carbocycles. The van der Waals surface area contributed by atoms with Gasteiger partial charge in [0.15, 0.2) is 12.2 Å². The largest absolute Gasteiger partial charge is 0.452 e. The van der Waals surface area contributed by atoms with Gasteiger partial charge in [-0.25, -0.2) is 9.78 Å². The molecule has 0 unspecified atom stereocenters. The summed E-state index contributed by atoms with van der Waals surface area (Å²) in [5.74, 6) is -0.530. The number of aromatic nitrogens is 1. The van der Waals surface area contributed by atoms with Crippen LogP contribution in [0.4, 0.5) is 0 Å². The van der Waals surface area contributed by atoms with Gasteiger partial charge in [-0.05, 0) is 29.7 Å². The predicted octanol–water partition coefficient (Wildman–Crippen LogP) is 4.72. The molecule has 0 aliphatic rings. The zero-order valence-electron chi connectivity index (χ0n) is 18.0. The van der Waals surface area contributed by atoms with E-state index < -0.39 is 5.97 Å². The van der Waals surface area contributed by atoms with Crippen molar-refractivity contribution in [2.75, 3.05) is 13.2 Å². The summed E-state index contributed by atoms with van der Waals surface area (Å²) in [6, 6.07) is 27.7. The molecule has 166 valence electrons. The molecule has 1 N–H and O–H groups in total. The van der Waals surface area contributed by atoms with Crippen LogP contribution in [0.25, 0.3) is 17.2 Å². The quantitative estimate of drug-likeness (QED) is 0.301. The summed E-state index contributed by atoms with van der Waals surface area (Å²) in [5, 5.41) is 2.83. The number of esters is 1. The molecular weight excluding hydrogens is 416 g/mol. The third kappa shape index (κ3) is 6.17. The molecular formula is C27H24N2O4. The molecule has 0 spiro atoms. The lowest BCUT2D eigenvalue weighted by Crippen LogP contribution is -2.30. The van der Waals surface area contributed by atoms with Crippen LogP contribution in [0.15, 0.2) is 95.4 Å². The molecule has 0 fully saturated rings. The molecule has 1 heterocycles. The molecule has 4 aromatic rings. The second-order valence-corrected chi connectivity index (χ2v) is 7.47.